The average molecular weight is 324 g/mol. The minimum Gasteiger partial charge on any atom is -0.481 e. The molecule has 0 saturated carbocycles. The summed E-state index contributed by atoms with van der Waals surface area (Å²) in [5.41, 5.74) is 1.13. The Labute approximate surface area is 125 Å². The van der Waals surface area contributed by atoms with Gasteiger partial charge in [0.2, 0.25) is 0 Å². The molecular weight excluding hydrogens is 302 g/mol. The highest BCUT2D eigenvalue weighted by atomic mass is 79.9. The minimum atomic E-state index is 0.302. The fraction of sp³-hybridized carbons (Fsp3) is 0.500. The van der Waals surface area contributed by atoms with Gasteiger partial charge in [-0.1, -0.05) is 35.7 Å². The van der Waals surface area contributed by atoms with Crippen LogP contribution in [0.4, 0.5) is 0 Å². The minimum absolute atomic E-state index is 0.302. The number of rotatable bonds is 7. The smallest absolute Gasteiger partial charge is 0.148 e. The number of benzene rings is 1. The highest BCUT2D eigenvalue weighted by Crippen LogP contribution is 2.23. The van der Waals surface area contributed by atoms with E-state index in [4.69, 9.17) is 11.2 Å². The Bertz CT molecular complexity index is 437. The third-order valence-electron chi connectivity index (χ3n) is 2.80. The Morgan fingerprint density at radius 1 is 1.37 bits per heavy atom. The summed E-state index contributed by atoms with van der Waals surface area (Å²) in [6.45, 7) is 7.76. The molecule has 0 spiro atoms. The van der Waals surface area contributed by atoms with Gasteiger partial charge in [-0.25, -0.2) is 0 Å². The van der Waals surface area contributed by atoms with Gasteiger partial charge in [0, 0.05) is 22.6 Å². The van der Waals surface area contributed by atoms with Crippen LogP contribution in [0.1, 0.15) is 32.8 Å². The number of terminal acetylenes is 1. The molecular formula is C16H22BrNO. The van der Waals surface area contributed by atoms with Crippen LogP contribution in [0.15, 0.2) is 22.7 Å². The van der Waals surface area contributed by atoms with Crippen molar-refractivity contribution in [1.29, 1.82) is 0 Å². The topological polar surface area (TPSA) is 21.3 Å². The zero-order valence-electron chi connectivity index (χ0n) is 11.9. The Morgan fingerprint density at radius 2 is 2.11 bits per heavy atom. The molecule has 0 aliphatic rings. The van der Waals surface area contributed by atoms with Gasteiger partial charge in [0.25, 0.3) is 0 Å². The van der Waals surface area contributed by atoms with Gasteiger partial charge in [0.15, 0.2) is 0 Å². The SMILES string of the molecule is C#CCOc1ccc(Br)cc1CNC(C)CC(C)C. The molecule has 3 heteroatoms. The Morgan fingerprint density at radius 3 is 2.74 bits per heavy atom. The molecule has 1 atom stereocenters. The zero-order chi connectivity index (χ0) is 14.3. The van der Waals surface area contributed by atoms with E-state index in [1.54, 1.807) is 0 Å². The summed E-state index contributed by atoms with van der Waals surface area (Å²) in [4.78, 5) is 0. The molecule has 2 nitrogen and oxygen atoms in total. The molecule has 0 fully saturated rings. The molecule has 1 N–H and O–H groups in total. The van der Waals surface area contributed by atoms with Gasteiger partial charge in [0.1, 0.15) is 12.4 Å². The number of hydrogen-bond donors (Lipinski definition) is 1. The van der Waals surface area contributed by atoms with Crippen LogP contribution in [-0.4, -0.2) is 12.6 Å². The van der Waals surface area contributed by atoms with E-state index < -0.39 is 0 Å². The van der Waals surface area contributed by atoms with Crippen molar-refractivity contribution in [2.45, 2.75) is 39.8 Å². The lowest BCUT2D eigenvalue weighted by atomic mass is 10.0. The summed E-state index contributed by atoms with van der Waals surface area (Å²) >= 11 is 3.49. The maximum absolute atomic E-state index is 5.56. The summed E-state index contributed by atoms with van der Waals surface area (Å²) in [6, 6.07) is 6.47. The largest absolute Gasteiger partial charge is 0.481 e. The van der Waals surface area contributed by atoms with E-state index in [1.165, 1.54) is 0 Å². The van der Waals surface area contributed by atoms with Crippen LogP contribution in [0, 0.1) is 18.3 Å². The van der Waals surface area contributed by atoms with Gasteiger partial charge in [0.05, 0.1) is 0 Å². The van der Waals surface area contributed by atoms with E-state index in [0.717, 1.165) is 28.8 Å². The first-order valence-electron chi connectivity index (χ1n) is 6.61. The van der Waals surface area contributed by atoms with E-state index in [9.17, 15) is 0 Å². The summed E-state index contributed by atoms with van der Waals surface area (Å²) in [7, 11) is 0. The van der Waals surface area contributed by atoms with Crippen molar-refractivity contribution in [3.63, 3.8) is 0 Å². The summed E-state index contributed by atoms with van der Waals surface area (Å²) in [5, 5.41) is 3.52. The quantitative estimate of drug-likeness (QED) is 0.766. The van der Waals surface area contributed by atoms with Crippen molar-refractivity contribution in [2.75, 3.05) is 6.61 Å². The third-order valence-corrected chi connectivity index (χ3v) is 3.29. The van der Waals surface area contributed by atoms with Gasteiger partial charge < -0.3 is 10.1 Å². The molecule has 0 heterocycles. The second-order valence-corrected chi connectivity index (χ2v) is 6.07. The number of hydrogen-bond acceptors (Lipinski definition) is 2. The van der Waals surface area contributed by atoms with Crippen LogP contribution >= 0.6 is 15.9 Å². The molecule has 1 unspecified atom stereocenters. The Balaban J connectivity index is 2.65. The first-order chi connectivity index (χ1) is 9.02. The molecule has 0 aromatic heterocycles. The van der Waals surface area contributed by atoms with Crippen molar-refractivity contribution in [3.05, 3.63) is 28.2 Å². The van der Waals surface area contributed by atoms with Crippen molar-refractivity contribution >= 4 is 15.9 Å². The second-order valence-electron chi connectivity index (χ2n) is 5.16. The van der Waals surface area contributed by atoms with Crippen LogP contribution in [0.3, 0.4) is 0 Å². The van der Waals surface area contributed by atoms with E-state index >= 15 is 0 Å². The number of ether oxygens (including phenoxy) is 1. The summed E-state index contributed by atoms with van der Waals surface area (Å²) < 4.78 is 6.61. The highest BCUT2D eigenvalue weighted by Gasteiger charge is 2.08. The zero-order valence-corrected chi connectivity index (χ0v) is 13.5. The van der Waals surface area contributed by atoms with Crippen molar-refractivity contribution < 1.29 is 4.74 Å². The van der Waals surface area contributed by atoms with Crippen molar-refractivity contribution in [2.24, 2.45) is 5.92 Å². The lowest BCUT2D eigenvalue weighted by molar-refractivity contribution is 0.362. The van der Waals surface area contributed by atoms with Crippen molar-refractivity contribution in [1.82, 2.24) is 5.32 Å². The molecule has 19 heavy (non-hydrogen) atoms. The van der Waals surface area contributed by atoms with Crippen LogP contribution in [0.25, 0.3) is 0 Å². The number of nitrogens with one attached hydrogen (secondary N) is 1. The molecule has 0 amide bonds. The fourth-order valence-electron chi connectivity index (χ4n) is 2.02. The van der Waals surface area contributed by atoms with Gasteiger partial charge in [-0.15, -0.1) is 6.42 Å². The number of halogens is 1. The van der Waals surface area contributed by atoms with Gasteiger partial charge in [-0.2, -0.15) is 0 Å². The van der Waals surface area contributed by atoms with E-state index in [2.05, 4.69) is 54.0 Å². The van der Waals surface area contributed by atoms with Crippen LogP contribution < -0.4 is 10.1 Å². The maximum atomic E-state index is 5.56. The molecule has 1 aromatic carbocycles. The van der Waals surface area contributed by atoms with E-state index in [0.29, 0.717) is 18.6 Å². The molecule has 1 rings (SSSR count). The molecule has 104 valence electrons. The first-order valence-corrected chi connectivity index (χ1v) is 7.40. The van der Waals surface area contributed by atoms with Crippen LogP contribution in [0.2, 0.25) is 0 Å². The van der Waals surface area contributed by atoms with Crippen molar-refractivity contribution in [3.8, 4) is 18.1 Å². The van der Waals surface area contributed by atoms with E-state index in [-0.39, 0.29) is 0 Å². The maximum Gasteiger partial charge on any atom is 0.148 e. The molecule has 0 bridgehead atoms. The lowest BCUT2D eigenvalue weighted by Crippen LogP contribution is -2.27. The molecule has 0 aliphatic carbocycles. The molecule has 0 saturated heterocycles. The predicted molar refractivity (Wildman–Crippen MR) is 84.2 cm³/mol. The third kappa shape index (κ3) is 6.13. The van der Waals surface area contributed by atoms with Gasteiger partial charge >= 0.3 is 0 Å². The molecule has 1 aromatic rings. The Kier molecular flexibility index (Phi) is 6.97. The lowest BCUT2D eigenvalue weighted by Gasteiger charge is -2.17. The highest BCUT2D eigenvalue weighted by molar-refractivity contribution is 9.10. The molecule has 0 aliphatic heterocycles. The predicted octanol–water partition coefficient (Wildman–Crippen LogP) is 3.99. The Hall–Kier alpha value is -0.980. The summed E-state index contributed by atoms with van der Waals surface area (Å²) in [5.74, 6) is 4.04. The monoisotopic (exact) mass is 323 g/mol. The van der Waals surface area contributed by atoms with Crippen LogP contribution in [-0.2, 0) is 6.54 Å². The first kappa shape index (κ1) is 16.1. The van der Waals surface area contributed by atoms with Gasteiger partial charge in [-0.3, -0.25) is 0 Å². The fourth-order valence-corrected chi connectivity index (χ4v) is 2.43. The van der Waals surface area contributed by atoms with Gasteiger partial charge in [-0.05, 0) is 37.5 Å². The van der Waals surface area contributed by atoms with E-state index in [1.807, 2.05) is 12.1 Å². The second kappa shape index (κ2) is 8.24. The van der Waals surface area contributed by atoms with Crippen LogP contribution in [0.5, 0.6) is 5.75 Å². The molecule has 0 radical (unpaired) electrons. The average Bonchev–Trinajstić information content (AvgIpc) is 2.34. The standard InChI is InChI=1S/C16H22BrNO/c1-5-8-19-16-7-6-15(17)10-14(16)11-18-13(4)9-12(2)3/h1,6-7,10,12-13,18H,8-9,11H2,2-4H3. The normalized spacial score (nSPS) is 12.2. The summed E-state index contributed by atoms with van der Waals surface area (Å²) in [6.07, 6.45) is 6.39.